The van der Waals surface area contributed by atoms with E-state index in [1.54, 1.807) is 6.08 Å². The number of hydrogen-bond donors (Lipinski definition) is 5. The zero-order valence-corrected chi connectivity index (χ0v) is 38.2. The number of aliphatic hydroxyl groups is 2. The van der Waals surface area contributed by atoms with Gasteiger partial charge in [-0.2, -0.15) is 0 Å². The van der Waals surface area contributed by atoms with Gasteiger partial charge in [-0.05, 0) is 44.4 Å². The normalized spacial score (nSPS) is 15.0. The second-order valence-corrected chi connectivity index (χ2v) is 18.3. The highest BCUT2D eigenvalue weighted by molar-refractivity contribution is 7.47. The number of phosphoric ester groups is 2. The van der Waals surface area contributed by atoms with E-state index in [-0.39, 0.29) is 12.8 Å². The Labute approximate surface area is 355 Å². The van der Waals surface area contributed by atoms with Crippen molar-refractivity contribution in [2.45, 2.75) is 193 Å². The number of carbonyl (C=O) groups is 2. The molecule has 0 aliphatic rings. The molecule has 0 fully saturated rings. The lowest BCUT2D eigenvalue weighted by molar-refractivity contribution is -0.161. The van der Waals surface area contributed by atoms with Crippen LogP contribution in [0.3, 0.4) is 0 Å². The van der Waals surface area contributed by atoms with E-state index in [0.717, 1.165) is 63.7 Å². The summed E-state index contributed by atoms with van der Waals surface area (Å²) in [6.45, 7) is 3.84. The van der Waals surface area contributed by atoms with Crippen LogP contribution in [-0.4, -0.2) is 81.6 Å². The summed E-state index contributed by atoms with van der Waals surface area (Å²) in [5.74, 6) is -0.286. The Hall–Kier alpha value is -1.70. The first kappa shape index (κ1) is 57.3. The van der Waals surface area contributed by atoms with Crippen molar-refractivity contribution >= 4 is 27.6 Å². The molecule has 4 atom stereocenters. The summed E-state index contributed by atoms with van der Waals surface area (Å²) in [5.41, 5.74) is 0. The van der Waals surface area contributed by atoms with Crippen LogP contribution in [0.15, 0.2) is 36.5 Å². The summed E-state index contributed by atoms with van der Waals surface area (Å²) in [5, 5.41) is 19.6. The van der Waals surface area contributed by atoms with Gasteiger partial charge in [-0.15, -0.1) is 0 Å². The molecule has 0 aromatic carbocycles. The van der Waals surface area contributed by atoms with Gasteiger partial charge >= 0.3 is 27.6 Å². The summed E-state index contributed by atoms with van der Waals surface area (Å²) in [7, 11) is -9.69. The average molecular weight is 883 g/mol. The van der Waals surface area contributed by atoms with Crippen molar-refractivity contribution < 1.29 is 66.7 Å². The van der Waals surface area contributed by atoms with Gasteiger partial charge in [0, 0.05) is 12.8 Å². The molecule has 0 saturated heterocycles. The van der Waals surface area contributed by atoms with E-state index in [4.69, 9.17) is 23.8 Å². The van der Waals surface area contributed by atoms with Gasteiger partial charge < -0.3 is 34.4 Å². The fraction of sp³-hybridized carbons (Fsp3) is 0.814. The molecule has 2 unspecified atom stereocenters. The second kappa shape index (κ2) is 38.0. The van der Waals surface area contributed by atoms with Crippen LogP contribution in [0.25, 0.3) is 0 Å². The van der Waals surface area contributed by atoms with Crippen LogP contribution in [0, 0.1) is 5.92 Å². The van der Waals surface area contributed by atoms with E-state index in [2.05, 4.69) is 35.9 Å². The lowest BCUT2D eigenvalue weighted by Crippen LogP contribution is -2.30. The maximum atomic E-state index is 12.7. The smallest absolute Gasteiger partial charge is 0.462 e. The minimum atomic E-state index is -4.87. The average Bonchev–Trinajstić information content (AvgIpc) is 3.17. The molecule has 0 saturated carbocycles. The van der Waals surface area contributed by atoms with Gasteiger partial charge in [0.05, 0.1) is 25.9 Å². The van der Waals surface area contributed by atoms with E-state index < -0.39 is 72.3 Å². The summed E-state index contributed by atoms with van der Waals surface area (Å²) in [6, 6.07) is 0. The Morgan fingerprint density at radius 1 is 0.593 bits per heavy atom. The van der Waals surface area contributed by atoms with Gasteiger partial charge in [0.15, 0.2) is 6.10 Å². The molecule has 0 aromatic heterocycles. The fourth-order valence-corrected chi connectivity index (χ4v) is 7.08. The van der Waals surface area contributed by atoms with Crippen molar-refractivity contribution in [3.05, 3.63) is 36.5 Å². The van der Waals surface area contributed by atoms with E-state index >= 15 is 0 Å². The van der Waals surface area contributed by atoms with Crippen molar-refractivity contribution in [3.8, 4) is 0 Å². The molecule has 14 nitrogen and oxygen atoms in total. The zero-order valence-electron chi connectivity index (χ0n) is 36.4. The molecule has 5 N–H and O–H groups in total. The largest absolute Gasteiger partial charge is 0.472 e. The second-order valence-electron chi connectivity index (χ2n) is 15.6. The third-order valence-corrected chi connectivity index (χ3v) is 10.7. The predicted octanol–water partition coefficient (Wildman–Crippen LogP) is 10.1. The first-order valence-corrected chi connectivity index (χ1v) is 25.2. The van der Waals surface area contributed by atoms with Crippen LogP contribution < -0.4 is 0 Å². The molecule has 0 heterocycles. The number of esters is 2. The number of phosphoric acid groups is 2. The van der Waals surface area contributed by atoms with Gasteiger partial charge in [-0.3, -0.25) is 23.2 Å². The van der Waals surface area contributed by atoms with Crippen molar-refractivity contribution in [3.63, 3.8) is 0 Å². The predicted molar refractivity (Wildman–Crippen MR) is 231 cm³/mol. The number of aliphatic hydroxyl groups excluding tert-OH is 2. The SMILES string of the molecule is CC/C=C/CC(O)/C=C/C=C/CCCCCCCC(=O)OC[C@H](COP(=O)(O)OC[C@@H](O)COP(=O)(O)O)OC(=O)CCCCCCCCCCCCCCCC(C)C. The lowest BCUT2D eigenvalue weighted by Gasteiger charge is -2.20. The Kier molecular flexibility index (Phi) is 36.9. The first-order valence-electron chi connectivity index (χ1n) is 22.1. The molecule has 0 aliphatic carbocycles. The van der Waals surface area contributed by atoms with Crippen molar-refractivity contribution in [2.24, 2.45) is 5.92 Å². The maximum absolute atomic E-state index is 12.7. The van der Waals surface area contributed by atoms with E-state index in [9.17, 15) is 33.8 Å². The van der Waals surface area contributed by atoms with Gasteiger partial charge in [0.2, 0.25) is 0 Å². The molecule has 0 bridgehead atoms. The van der Waals surface area contributed by atoms with Gasteiger partial charge in [-0.1, -0.05) is 160 Å². The third-order valence-electron chi connectivity index (χ3n) is 9.29. The summed E-state index contributed by atoms with van der Waals surface area (Å²) in [4.78, 5) is 52.7. The standard InChI is InChI=1S/C43H80O14P2/c1-4-5-24-30-39(44)31-26-21-17-13-11-15-18-22-27-32-42(46)53-36-41(37-56-59(51,52)55-35-40(45)34-54-58(48,49)50)57-43(47)33-28-23-19-14-10-8-6-7-9-12-16-20-25-29-38(2)3/h5,17,21,24,26,31,38-41,44-45H,4,6-16,18-20,22-23,25,27-30,32-37H2,1-3H3,(H,51,52)(H2,48,49,50)/b21-17+,24-5+,31-26+/t39?,40-,41+/m0/s1. The molecule has 16 heteroatoms. The molecular weight excluding hydrogens is 802 g/mol. The maximum Gasteiger partial charge on any atom is 0.472 e. The first-order chi connectivity index (χ1) is 28.1. The molecule has 0 aliphatic heterocycles. The number of rotatable bonds is 41. The Morgan fingerprint density at radius 2 is 1.10 bits per heavy atom. The molecule has 0 rings (SSSR count). The van der Waals surface area contributed by atoms with Crippen LogP contribution in [0.5, 0.6) is 0 Å². The van der Waals surface area contributed by atoms with Gasteiger partial charge in [0.1, 0.15) is 12.7 Å². The summed E-state index contributed by atoms with van der Waals surface area (Å²) in [6.07, 6.45) is 31.9. The van der Waals surface area contributed by atoms with E-state index in [0.29, 0.717) is 19.3 Å². The quantitative estimate of drug-likeness (QED) is 0.0127. The molecule has 0 amide bonds. The number of hydrogen-bond acceptors (Lipinski definition) is 11. The zero-order chi connectivity index (χ0) is 44.0. The number of carbonyl (C=O) groups excluding carboxylic acids is 2. The van der Waals surface area contributed by atoms with Crippen LogP contribution in [0.2, 0.25) is 0 Å². The van der Waals surface area contributed by atoms with Crippen LogP contribution >= 0.6 is 15.6 Å². The summed E-state index contributed by atoms with van der Waals surface area (Å²) >= 11 is 0. The number of unbranched alkanes of at least 4 members (excludes halogenated alkanes) is 17. The third kappa shape index (κ3) is 42.8. The highest BCUT2D eigenvalue weighted by atomic mass is 31.2. The monoisotopic (exact) mass is 883 g/mol. The van der Waals surface area contributed by atoms with Crippen molar-refractivity contribution in [2.75, 3.05) is 26.4 Å². The topological polar surface area (TPSA) is 216 Å². The molecule has 0 spiro atoms. The number of ether oxygens (including phenoxy) is 2. The van der Waals surface area contributed by atoms with Crippen LogP contribution in [0.4, 0.5) is 0 Å². The Bertz CT molecular complexity index is 1220. The van der Waals surface area contributed by atoms with Crippen molar-refractivity contribution in [1.29, 1.82) is 0 Å². The molecule has 0 aromatic rings. The van der Waals surface area contributed by atoms with E-state index in [1.807, 2.05) is 24.3 Å². The molecule has 0 radical (unpaired) electrons. The highest BCUT2D eigenvalue weighted by Gasteiger charge is 2.28. The summed E-state index contributed by atoms with van der Waals surface area (Å²) < 4.78 is 47.7. The molecule has 59 heavy (non-hydrogen) atoms. The van der Waals surface area contributed by atoms with Crippen LogP contribution in [0.1, 0.15) is 175 Å². The highest BCUT2D eigenvalue weighted by Crippen LogP contribution is 2.43. The molecule has 346 valence electrons. The number of allylic oxidation sites excluding steroid dienone is 4. The van der Waals surface area contributed by atoms with Gasteiger partial charge in [-0.25, -0.2) is 9.13 Å². The lowest BCUT2D eigenvalue weighted by atomic mass is 10.0. The van der Waals surface area contributed by atoms with Gasteiger partial charge in [0.25, 0.3) is 0 Å². The van der Waals surface area contributed by atoms with Crippen LogP contribution in [-0.2, 0) is 41.8 Å². The Balaban J connectivity index is 4.55. The minimum Gasteiger partial charge on any atom is -0.462 e. The minimum absolute atomic E-state index is 0.118. The Morgan fingerprint density at radius 3 is 1.66 bits per heavy atom. The van der Waals surface area contributed by atoms with Crippen molar-refractivity contribution in [1.82, 2.24) is 0 Å². The fourth-order valence-electron chi connectivity index (χ4n) is 5.92. The molecular formula is C43H80O14P2. The van der Waals surface area contributed by atoms with E-state index in [1.165, 1.54) is 64.2 Å².